The third-order valence-corrected chi connectivity index (χ3v) is 2.82. The minimum atomic E-state index is -2.09. The van der Waals surface area contributed by atoms with Crippen LogP contribution in [0.3, 0.4) is 0 Å². The first-order valence-electron chi connectivity index (χ1n) is 6.63. The molecule has 1 aromatic rings. The number of benzene rings is 1. The van der Waals surface area contributed by atoms with Crippen molar-refractivity contribution in [3.05, 3.63) is 41.7 Å². The molecular weight excluding hydrogens is 184 g/mol. The molecule has 2 rings (SSSR count). The third-order valence-electron chi connectivity index (χ3n) is 2.82. The van der Waals surface area contributed by atoms with Crippen molar-refractivity contribution in [2.45, 2.75) is 26.9 Å². The van der Waals surface area contributed by atoms with E-state index < -0.39 is 6.98 Å². The lowest BCUT2D eigenvalue weighted by Gasteiger charge is -2.28. The second kappa shape index (κ2) is 3.61. The molecule has 0 aromatic heterocycles. The van der Waals surface area contributed by atoms with Crippen LogP contribution in [0, 0.1) is 13.8 Å². The Balaban J connectivity index is 2.30. The van der Waals surface area contributed by atoms with Crippen molar-refractivity contribution in [2.24, 2.45) is 0 Å². The van der Waals surface area contributed by atoms with E-state index in [0.29, 0.717) is 0 Å². The van der Waals surface area contributed by atoms with Gasteiger partial charge in [0.15, 0.2) is 0 Å². The van der Waals surface area contributed by atoms with Crippen molar-refractivity contribution in [1.29, 1.82) is 0 Å². The standard InChI is InChI=1S/C13H18N2/c1-10-5-6-13(11(2)9-10)15-8-7-14(4)12(15)3/h5-9,12H,1-4H3/t12-/m0/s1/i4D3. The van der Waals surface area contributed by atoms with Crippen molar-refractivity contribution < 1.29 is 4.11 Å². The molecule has 0 saturated heterocycles. The second-order valence-electron chi connectivity index (χ2n) is 4.03. The van der Waals surface area contributed by atoms with Crippen LogP contribution in [-0.2, 0) is 0 Å². The summed E-state index contributed by atoms with van der Waals surface area (Å²) in [6.07, 6.45) is 3.27. The van der Waals surface area contributed by atoms with Crippen LogP contribution in [0.15, 0.2) is 30.6 Å². The zero-order valence-corrected chi connectivity index (χ0v) is 9.36. The summed E-state index contributed by atoms with van der Waals surface area (Å²) in [5, 5.41) is 0. The highest BCUT2D eigenvalue weighted by molar-refractivity contribution is 5.58. The molecule has 1 aliphatic rings. The topological polar surface area (TPSA) is 6.48 Å². The largest absolute Gasteiger partial charge is 0.359 e. The minimum Gasteiger partial charge on any atom is -0.359 e. The van der Waals surface area contributed by atoms with Gasteiger partial charge in [-0.1, -0.05) is 17.7 Å². The molecular formula is C13H18N2. The predicted octanol–water partition coefficient (Wildman–Crippen LogP) is 2.87. The van der Waals surface area contributed by atoms with Gasteiger partial charge in [0.25, 0.3) is 0 Å². The van der Waals surface area contributed by atoms with E-state index in [1.54, 1.807) is 6.20 Å². The van der Waals surface area contributed by atoms with E-state index in [9.17, 15) is 0 Å². The molecule has 0 bridgehead atoms. The Bertz CT molecular complexity index is 480. The monoisotopic (exact) mass is 205 g/mol. The Labute approximate surface area is 96.0 Å². The third kappa shape index (κ3) is 1.72. The maximum atomic E-state index is 7.48. The van der Waals surface area contributed by atoms with E-state index in [1.807, 2.05) is 37.1 Å². The number of nitrogens with zero attached hydrogens (tertiary/aromatic N) is 2. The quantitative estimate of drug-likeness (QED) is 0.695. The molecule has 80 valence electrons. The fraction of sp³-hybridized carbons (Fsp3) is 0.385. The normalized spacial score (nSPS) is 23.9. The van der Waals surface area contributed by atoms with E-state index in [4.69, 9.17) is 4.11 Å². The van der Waals surface area contributed by atoms with Crippen LogP contribution in [-0.4, -0.2) is 18.0 Å². The average Bonchev–Trinajstić information content (AvgIpc) is 2.60. The number of rotatable bonds is 1. The molecule has 1 aliphatic heterocycles. The Kier molecular flexibility index (Phi) is 1.67. The number of hydrogen-bond donors (Lipinski definition) is 0. The van der Waals surface area contributed by atoms with Crippen molar-refractivity contribution in [1.82, 2.24) is 4.90 Å². The Morgan fingerprint density at radius 3 is 2.67 bits per heavy atom. The first-order chi connectivity index (χ1) is 8.30. The van der Waals surface area contributed by atoms with Gasteiger partial charge in [-0.25, -0.2) is 0 Å². The van der Waals surface area contributed by atoms with Crippen LogP contribution in [0.5, 0.6) is 0 Å². The van der Waals surface area contributed by atoms with E-state index in [2.05, 4.69) is 13.0 Å². The van der Waals surface area contributed by atoms with Crippen molar-refractivity contribution in [3.8, 4) is 0 Å². The number of aryl methyl sites for hydroxylation is 2. The SMILES string of the molecule is [2H]C([2H])([2H])N1C=CN(c2ccc(C)cc2C)[C@H]1C. The molecule has 0 spiro atoms. The minimum absolute atomic E-state index is 0.195. The van der Waals surface area contributed by atoms with E-state index >= 15 is 0 Å². The number of hydrogen-bond acceptors (Lipinski definition) is 2. The van der Waals surface area contributed by atoms with Gasteiger partial charge < -0.3 is 9.80 Å². The molecule has 1 heterocycles. The van der Waals surface area contributed by atoms with Gasteiger partial charge in [0.2, 0.25) is 0 Å². The molecule has 0 fully saturated rings. The zero-order chi connectivity index (χ0) is 13.5. The summed E-state index contributed by atoms with van der Waals surface area (Å²) < 4.78 is 22.4. The first kappa shape index (κ1) is 6.94. The highest BCUT2D eigenvalue weighted by atomic mass is 15.4. The maximum Gasteiger partial charge on any atom is 0.102 e. The summed E-state index contributed by atoms with van der Waals surface area (Å²) in [5.74, 6) is 0. The molecule has 2 heteroatoms. The maximum absolute atomic E-state index is 7.48. The summed E-state index contributed by atoms with van der Waals surface area (Å²) in [6, 6.07) is 6.18. The summed E-state index contributed by atoms with van der Waals surface area (Å²) in [4.78, 5) is 3.38. The Morgan fingerprint density at radius 1 is 1.27 bits per heavy atom. The van der Waals surface area contributed by atoms with Gasteiger partial charge in [-0.2, -0.15) is 0 Å². The van der Waals surface area contributed by atoms with Gasteiger partial charge in [0, 0.05) is 29.2 Å². The van der Waals surface area contributed by atoms with Gasteiger partial charge in [0.1, 0.15) is 6.17 Å². The second-order valence-corrected chi connectivity index (χ2v) is 4.03. The van der Waals surface area contributed by atoms with Gasteiger partial charge in [-0.3, -0.25) is 0 Å². The molecule has 0 aliphatic carbocycles. The van der Waals surface area contributed by atoms with Gasteiger partial charge in [-0.05, 0) is 32.4 Å². The predicted molar refractivity (Wildman–Crippen MR) is 64.8 cm³/mol. The molecule has 0 saturated carbocycles. The van der Waals surface area contributed by atoms with Crippen LogP contribution >= 0.6 is 0 Å². The van der Waals surface area contributed by atoms with Crippen molar-refractivity contribution in [2.75, 3.05) is 11.9 Å². The van der Waals surface area contributed by atoms with Gasteiger partial charge in [0.05, 0.1) is 0 Å². The van der Waals surface area contributed by atoms with Gasteiger partial charge in [-0.15, -0.1) is 0 Å². The lowest BCUT2D eigenvalue weighted by Crippen LogP contribution is -2.33. The van der Waals surface area contributed by atoms with Crippen LogP contribution < -0.4 is 4.90 Å². The van der Waals surface area contributed by atoms with E-state index in [0.717, 1.165) is 11.3 Å². The lowest BCUT2D eigenvalue weighted by atomic mass is 10.1. The first-order valence-corrected chi connectivity index (χ1v) is 5.13. The highest BCUT2D eigenvalue weighted by Crippen LogP contribution is 2.27. The molecule has 1 atom stereocenters. The highest BCUT2D eigenvalue weighted by Gasteiger charge is 2.20. The summed E-state index contributed by atoms with van der Waals surface area (Å²) in [6.45, 7) is 3.89. The van der Waals surface area contributed by atoms with Crippen molar-refractivity contribution in [3.63, 3.8) is 0 Å². The Morgan fingerprint density at radius 2 is 2.07 bits per heavy atom. The molecule has 2 nitrogen and oxygen atoms in total. The zero-order valence-electron chi connectivity index (χ0n) is 12.4. The van der Waals surface area contributed by atoms with Crippen molar-refractivity contribution >= 4 is 5.69 Å². The lowest BCUT2D eigenvalue weighted by molar-refractivity contribution is 0.383. The van der Waals surface area contributed by atoms with Crippen LogP contribution in [0.25, 0.3) is 0 Å². The molecule has 0 amide bonds. The van der Waals surface area contributed by atoms with Crippen LogP contribution in [0.4, 0.5) is 5.69 Å². The fourth-order valence-electron chi connectivity index (χ4n) is 1.90. The smallest absolute Gasteiger partial charge is 0.102 e. The molecule has 1 aromatic carbocycles. The summed E-state index contributed by atoms with van der Waals surface area (Å²) in [7, 11) is 0. The molecule has 0 radical (unpaired) electrons. The van der Waals surface area contributed by atoms with Gasteiger partial charge >= 0.3 is 0 Å². The van der Waals surface area contributed by atoms with E-state index in [-0.39, 0.29) is 6.17 Å². The molecule has 15 heavy (non-hydrogen) atoms. The summed E-state index contributed by atoms with van der Waals surface area (Å²) >= 11 is 0. The average molecular weight is 205 g/mol. The van der Waals surface area contributed by atoms with Crippen LogP contribution in [0.1, 0.15) is 22.2 Å². The van der Waals surface area contributed by atoms with Crippen LogP contribution in [0.2, 0.25) is 0 Å². The molecule has 0 unspecified atom stereocenters. The Hall–Kier alpha value is -1.44. The summed E-state index contributed by atoms with van der Waals surface area (Å²) in [5.41, 5.74) is 3.41. The number of anilines is 1. The van der Waals surface area contributed by atoms with E-state index in [1.165, 1.54) is 10.5 Å². The molecule has 0 N–H and O–H groups in total. The fourth-order valence-corrected chi connectivity index (χ4v) is 1.90.